The minimum atomic E-state index is -3.23. The Morgan fingerprint density at radius 3 is 2.40 bits per heavy atom. The molecule has 0 spiro atoms. The third-order valence-electron chi connectivity index (χ3n) is 3.22. The second-order valence-corrected chi connectivity index (χ2v) is 7.94. The lowest BCUT2D eigenvalue weighted by Gasteiger charge is -2.23. The van der Waals surface area contributed by atoms with E-state index in [1.807, 2.05) is 19.1 Å². The summed E-state index contributed by atoms with van der Waals surface area (Å²) in [7, 11) is -3.23. The molecule has 0 saturated carbocycles. The Balaban J connectivity index is 2.83. The van der Waals surface area contributed by atoms with Crippen LogP contribution in [0, 0.1) is 0 Å². The van der Waals surface area contributed by atoms with Gasteiger partial charge in [0.05, 0.1) is 10.3 Å². The fourth-order valence-corrected chi connectivity index (χ4v) is 1.88. The Morgan fingerprint density at radius 2 is 1.85 bits per heavy atom. The van der Waals surface area contributed by atoms with Crippen LogP contribution in [0.15, 0.2) is 24.3 Å². The van der Waals surface area contributed by atoms with Crippen molar-refractivity contribution in [2.45, 2.75) is 25.5 Å². The number of nitrogens with one attached hydrogen (secondary N) is 2. The Labute approximate surface area is 120 Å². The quantitative estimate of drug-likeness (QED) is 0.837. The number of hydrogen-bond donors (Lipinski definition) is 2. The normalized spacial score (nSPS) is 12.0. The Bertz CT molecular complexity index is 580. The molecule has 5 nitrogen and oxygen atoms in total. The van der Waals surface area contributed by atoms with Gasteiger partial charge in [0.2, 0.25) is 0 Å². The van der Waals surface area contributed by atoms with E-state index in [9.17, 15) is 13.2 Å². The summed E-state index contributed by atoms with van der Waals surface area (Å²) in [6.45, 7) is 5.92. The molecular weight excluding hydrogens is 276 g/mol. The van der Waals surface area contributed by atoms with Gasteiger partial charge in [-0.1, -0.05) is 12.1 Å². The predicted molar refractivity (Wildman–Crippen MR) is 81.9 cm³/mol. The minimum absolute atomic E-state index is 0.0745. The van der Waals surface area contributed by atoms with Crippen molar-refractivity contribution >= 4 is 21.4 Å². The predicted octanol–water partition coefficient (Wildman–Crippen LogP) is 1.67. The first-order valence-corrected chi connectivity index (χ1v) is 8.39. The zero-order chi connectivity index (χ0) is 15.4. The molecule has 112 valence electrons. The molecule has 0 atom stereocenters. The molecule has 0 heterocycles. The summed E-state index contributed by atoms with van der Waals surface area (Å²) in [5.41, 5.74) is 1.25. The zero-order valence-electron chi connectivity index (χ0n) is 12.4. The van der Waals surface area contributed by atoms with Gasteiger partial charge in [0, 0.05) is 25.0 Å². The standard InChI is InChI=1S/C14H22N2O3S/c1-5-15-12-9-7-6-8-11(12)13(17)16-10-14(2,3)20(4,18)19/h6-9,15H,5,10H2,1-4H3,(H,16,17). The van der Waals surface area contributed by atoms with E-state index in [-0.39, 0.29) is 12.5 Å². The molecule has 0 bridgehead atoms. The molecular formula is C14H22N2O3S. The maximum absolute atomic E-state index is 12.2. The Kier molecular flexibility index (Phi) is 5.16. The highest BCUT2D eigenvalue weighted by atomic mass is 32.2. The molecule has 1 aromatic carbocycles. The molecule has 0 saturated heterocycles. The van der Waals surface area contributed by atoms with E-state index >= 15 is 0 Å². The van der Waals surface area contributed by atoms with Crippen molar-refractivity contribution < 1.29 is 13.2 Å². The van der Waals surface area contributed by atoms with Crippen molar-refractivity contribution in [1.29, 1.82) is 0 Å². The van der Waals surface area contributed by atoms with Gasteiger partial charge in [-0.3, -0.25) is 4.79 Å². The molecule has 0 fully saturated rings. The maximum Gasteiger partial charge on any atom is 0.253 e. The van der Waals surface area contributed by atoms with E-state index in [2.05, 4.69) is 10.6 Å². The first-order valence-electron chi connectivity index (χ1n) is 6.49. The van der Waals surface area contributed by atoms with Crippen LogP contribution in [0.3, 0.4) is 0 Å². The SMILES string of the molecule is CCNc1ccccc1C(=O)NCC(C)(C)S(C)(=O)=O. The highest BCUT2D eigenvalue weighted by Gasteiger charge is 2.30. The number of rotatable bonds is 6. The summed E-state index contributed by atoms with van der Waals surface area (Å²) in [5.74, 6) is -0.279. The van der Waals surface area contributed by atoms with Gasteiger partial charge in [-0.25, -0.2) is 8.42 Å². The highest BCUT2D eigenvalue weighted by molar-refractivity contribution is 7.92. The summed E-state index contributed by atoms with van der Waals surface area (Å²) in [4.78, 5) is 12.2. The Hall–Kier alpha value is -1.56. The van der Waals surface area contributed by atoms with Crippen LogP contribution < -0.4 is 10.6 Å². The van der Waals surface area contributed by atoms with Crippen LogP contribution in [0.1, 0.15) is 31.1 Å². The summed E-state index contributed by atoms with van der Waals surface area (Å²) >= 11 is 0. The number of para-hydroxylation sites is 1. The second-order valence-electron chi connectivity index (χ2n) is 5.29. The molecule has 6 heteroatoms. The van der Waals surface area contributed by atoms with E-state index in [0.717, 1.165) is 5.69 Å². The smallest absolute Gasteiger partial charge is 0.253 e. The third-order valence-corrected chi connectivity index (χ3v) is 5.37. The van der Waals surface area contributed by atoms with Crippen LogP contribution in [-0.2, 0) is 9.84 Å². The van der Waals surface area contributed by atoms with Crippen LogP contribution >= 0.6 is 0 Å². The van der Waals surface area contributed by atoms with Gasteiger partial charge in [0.25, 0.3) is 5.91 Å². The van der Waals surface area contributed by atoms with Crippen molar-refractivity contribution in [3.05, 3.63) is 29.8 Å². The largest absolute Gasteiger partial charge is 0.385 e. The lowest BCUT2D eigenvalue weighted by atomic mass is 10.1. The van der Waals surface area contributed by atoms with E-state index in [1.165, 1.54) is 6.26 Å². The molecule has 1 amide bonds. The van der Waals surface area contributed by atoms with Gasteiger partial charge in [0.1, 0.15) is 0 Å². The number of anilines is 1. The van der Waals surface area contributed by atoms with Gasteiger partial charge in [-0.15, -0.1) is 0 Å². The van der Waals surface area contributed by atoms with E-state index in [0.29, 0.717) is 12.1 Å². The van der Waals surface area contributed by atoms with Crippen LogP contribution in [-0.4, -0.2) is 38.4 Å². The molecule has 0 aromatic heterocycles. The van der Waals surface area contributed by atoms with Crippen LogP contribution in [0.2, 0.25) is 0 Å². The molecule has 1 aromatic rings. The summed E-state index contributed by atoms with van der Waals surface area (Å²) in [5, 5.41) is 5.79. The molecule has 20 heavy (non-hydrogen) atoms. The summed E-state index contributed by atoms with van der Waals surface area (Å²) in [6, 6.07) is 7.15. The highest BCUT2D eigenvalue weighted by Crippen LogP contribution is 2.16. The lowest BCUT2D eigenvalue weighted by molar-refractivity contribution is 0.0951. The first-order chi connectivity index (χ1) is 9.19. The molecule has 0 aliphatic heterocycles. The average molecular weight is 298 g/mol. The topological polar surface area (TPSA) is 75.3 Å². The molecule has 2 N–H and O–H groups in total. The van der Waals surface area contributed by atoms with Crippen molar-refractivity contribution in [2.75, 3.05) is 24.7 Å². The fraction of sp³-hybridized carbons (Fsp3) is 0.500. The molecule has 0 aliphatic carbocycles. The van der Waals surface area contributed by atoms with Crippen LogP contribution in [0.5, 0.6) is 0 Å². The summed E-state index contributed by atoms with van der Waals surface area (Å²) < 4.78 is 22.2. The lowest BCUT2D eigenvalue weighted by Crippen LogP contribution is -2.43. The van der Waals surface area contributed by atoms with Gasteiger partial charge >= 0.3 is 0 Å². The Morgan fingerprint density at radius 1 is 1.25 bits per heavy atom. The second kappa shape index (κ2) is 6.26. The van der Waals surface area contributed by atoms with Crippen molar-refractivity contribution in [1.82, 2.24) is 5.32 Å². The number of sulfone groups is 1. The number of hydrogen-bond acceptors (Lipinski definition) is 4. The third kappa shape index (κ3) is 3.96. The number of carbonyl (C=O) groups excluding carboxylic acids is 1. The van der Waals surface area contributed by atoms with Gasteiger partial charge < -0.3 is 10.6 Å². The van der Waals surface area contributed by atoms with Crippen molar-refractivity contribution in [3.8, 4) is 0 Å². The number of amides is 1. The fourth-order valence-electron chi connectivity index (χ4n) is 1.55. The molecule has 0 radical (unpaired) electrons. The van der Waals surface area contributed by atoms with E-state index in [4.69, 9.17) is 0 Å². The van der Waals surface area contributed by atoms with Crippen molar-refractivity contribution in [3.63, 3.8) is 0 Å². The first kappa shape index (κ1) is 16.5. The van der Waals surface area contributed by atoms with Crippen LogP contribution in [0.25, 0.3) is 0 Å². The molecule has 0 unspecified atom stereocenters. The number of carbonyl (C=O) groups is 1. The zero-order valence-corrected chi connectivity index (χ0v) is 13.2. The maximum atomic E-state index is 12.2. The van der Waals surface area contributed by atoms with E-state index in [1.54, 1.807) is 26.0 Å². The molecule has 1 rings (SSSR count). The van der Waals surface area contributed by atoms with E-state index < -0.39 is 14.6 Å². The molecule has 0 aliphatic rings. The average Bonchev–Trinajstić information content (AvgIpc) is 2.36. The minimum Gasteiger partial charge on any atom is -0.385 e. The monoisotopic (exact) mass is 298 g/mol. The summed E-state index contributed by atoms with van der Waals surface area (Å²) in [6.07, 6.45) is 1.17. The van der Waals surface area contributed by atoms with Gasteiger partial charge in [-0.05, 0) is 32.9 Å². The van der Waals surface area contributed by atoms with Gasteiger partial charge in [-0.2, -0.15) is 0 Å². The number of benzene rings is 1. The van der Waals surface area contributed by atoms with Gasteiger partial charge in [0.15, 0.2) is 9.84 Å². The van der Waals surface area contributed by atoms with Crippen LogP contribution in [0.4, 0.5) is 5.69 Å². The van der Waals surface area contributed by atoms with Crippen molar-refractivity contribution in [2.24, 2.45) is 0 Å².